The fourth-order valence-electron chi connectivity index (χ4n) is 2.51. The van der Waals surface area contributed by atoms with Crippen molar-refractivity contribution < 1.29 is 13.2 Å². The largest absolute Gasteiger partial charge is 0.392 e. The molecule has 0 aromatic rings. The summed E-state index contributed by atoms with van der Waals surface area (Å²) in [5, 5.41) is 0. The van der Waals surface area contributed by atoms with E-state index in [4.69, 9.17) is 22.7 Å². The lowest BCUT2D eigenvalue weighted by atomic mass is 10.1. The van der Waals surface area contributed by atoms with Crippen molar-refractivity contribution in [1.82, 2.24) is 9.21 Å². The molecule has 1 aliphatic heterocycles. The predicted octanol–water partition coefficient (Wildman–Crippen LogP) is 0.425. The quantitative estimate of drug-likeness (QED) is 0.486. The molecule has 1 heterocycles. The fourth-order valence-corrected chi connectivity index (χ4v) is 4.08. The number of rotatable bonds is 9. The van der Waals surface area contributed by atoms with Gasteiger partial charge in [0.05, 0.1) is 23.4 Å². The third-order valence-corrected chi connectivity index (χ3v) is 5.79. The van der Waals surface area contributed by atoms with Crippen LogP contribution in [0.1, 0.15) is 26.7 Å². The van der Waals surface area contributed by atoms with Gasteiger partial charge in [0.15, 0.2) is 0 Å². The van der Waals surface area contributed by atoms with Gasteiger partial charge in [-0.15, -0.1) is 0 Å². The lowest BCUT2D eigenvalue weighted by Crippen LogP contribution is -2.55. The predicted molar refractivity (Wildman–Crippen MR) is 88.9 cm³/mol. The molecular weight excluding hydrogens is 310 g/mol. The van der Waals surface area contributed by atoms with Crippen LogP contribution in [0.4, 0.5) is 0 Å². The van der Waals surface area contributed by atoms with Crippen LogP contribution < -0.4 is 5.73 Å². The molecule has 0 radical (unpaired) electrons. The first kappa shape index (κ1) is 18.8. The number of sulfonamides is 1. The minimum Gasteiger partial charge on any atom is -0.392 e. The molecular formula is C13H27N3O3S2. The Bertz CT molecular complexity index is 420. The summed E-state index contributed by atoms with van der Waals surface area (Å²) in [6.45, 7) is 7.09. The van der Waals surface area contributed by atoms with E-state index in [-0.39, 0.29) is 18.4 Å². The minimum absolute atomic E-state index is 0.0501. The minimum atomic E-state index is -3.22. The first-order valence-electron chi connectivity index (χ1n) is 7.51. The van der Waals surface area contributed by atoms with E-state index in [1.807, 2.05) is 6.92 Å². The molecule has 1 atom stereocenters. The second-order valence-electron chi connectivity index (χ2n) is 5.15. The van der Waals surface area contributed by atoms with E-state index >= 15 is 0 Å². The molecule has 0 amide bonds. The van der Waals surface area contributed by atoms with E-state index in [1.54, 1.807) is 4.31 Å². The first-order valence-corrected chi connectivity index (χ1v) is 9.53. The molecule has 1 saturated heterocycles. The summed E-state index contributed by atoms with van der Waals surface area (Å²) in [4.78, 5) is 2.70. The maximum Gasteiger partial charge on any atom is 0.216 e. The van der Waals surface area contributed by atoms with E-state index in [0.29, 0.717) is 37.8 Å². The van der Waals surface area contributed by atoms with E-state index in [2.05, 4.69) is 11.8 Å². The smallest absolute Gasteiger partial charge is 0.216 e. The molecule has 2 N–H and O–H groups in total. The van der Waals surface area contributed by atoms with Crippen LogP contribution in [0.2, 0.25) is 0 Å². The molecule has 0 saturated carbocycles. The van der Waals surface area contributed by atoms with Gasteiger partial charge >= 0.3 is 0 Å². The number of ether oxygens (including phenoxy) is 1. The summed E-state index contributed by atoms with van der Waals surface area (Å²) in [5.74, 6) is 0.0501. The van der Waals surface area contributed by atoms with Crippen LogP contribution in [-0.2, 0) is 14.8 Å². The van der Waals surface area contributed by atoms with Crippen LogP contribution in [0, 0.1) is 0 Å². The van der Waals surface area contributed by atoms with Crippen LogP contribution in [-0.4, -0.2) is 73.8 Å². The van der Waals surface area contributed by atoms with Crippen LogP contribution in [0.5, 0.6) is 0 Å². The maximum atomic E-state index is 12.2. The van der Waals surface area contributed by atoms with Crippen molar-refractivity contribution in [2.24, 2.45) is 5.73 Å². The molecule has 1 unspecified atom stereocenters. The molecule has 1 fully saturated rings. The lowest BCUT2D eigenvalue weighted by Gasteiger charge is -2.38. The standard InChI is InChI=1S/C13H27N3O3S2/c1-3-5-12(13(14)20)15-6-8-16(9-7-15)21(17,18)11-10-19-4-2/h12H,3-11H2,1-2H3,(H2,14,20). The SMILES string of the molecule is CCCC(C(N)=S)N1CCN(S(=O)(=O)CCOCC)CC1. The second kappa shape index (κ2) is 8.99. The third kappa shape index (κ3) is 5.78. The Balaban J connectivity index is 2.52. The Labute approximate surface area is 133 Å². The van der Waals surface area contributed by atoms with Gasteiger partial charge in [-0.1, -0.05) is 25.6 Å². The normalized spacial score (nSPS) is 19.5. The molecule has 1 aliphatic rings. The summed E-state index contributed by atoms with van der Waals surface area (Å²) in [5.41, 5.74) is 5.80. The highest BCUT2D eigenvalue weighted by atomic mass is 32.2. The molecule has 0 aromatic carbocycles. The van der Waals surface area contributed by atoms with Crippen LogP contribution >= 0.6 is 12.2 Å². The van der Waals surface area contributed by atoms with E-state index in [1.165, 1.54) is 0 Å². The molecule has 0 spiro atoms. The molecule has 1 rings (SSSR count). The fraction of sp³-hybridized carbons (Fsp3) is 0.923. The van der Waals surface area contributed by atoms with E-state index in [9.17, 15) is 8.42 Å². The summed E-state index contributed by atoms with van der Waals surface area (Å²) in [6, 6.07) is 0.0817. The Morgan fingerprint density at radius 3 is 2.38 bits per heavy atom. The first-order chi connectivity index (χ1) is 9.92. The van der Waals surface area contributed by atoms with Gasteiger partial charge in [-0.2, -0.15) is 4.31 Å². The average molecular weight is 338 g/mol. The summed E-state index contributed by atoms with van der Waals surface area (Å²) in [6.07, 6.45) is 1.93. The van der Waals surface area contributed by atoms with Crippen LogP contribution in [0.25, 0.3) is 0 Å². The van der Waals surface area contributed by atoms with Crippen LogP contribution in [0.15, 0.2) is 0 Å². The molecule has 21 heavy (non-hydrogen) atoms. The van der Waals surface area contributed by atoms with Crippen LogP contribution in [0.3, 0.4) is 0 Å². The summed E-state index contributed by atoms with van der Waals surface area (Å²) in [7, 11) is -3.22. The van der Waals surface area contributed by atoms with Crippen molar-refractivity contribution in [3.63, 3.8) is 0 Å². The number of thiocarbonyl (C=S) groups is 1. The zero-order valence-electron chi connectivity index (χ0n) is 13.0. The molecule has 0 aliphatic carbocycles. The van der Waals surface area contributed by atoms with Crippen molar-refractivity contribution in [1.29, 1.82) is 0 Å². The van der Waals surface area contributed by atoms with Crippen molar-refractivity contribution in [2.75, 3.05) is 45.1 Å². The van der Waals surface area contributed by atoms with E-state index in [0.717, 1.165) is 12.8 Å². The second-order valence-corrected chi connectivity index (χ2v) is 7.71. The highest BCUT2D eigenvalue weighted by Gasteiger charge is 2.30. The Morgan fingerprint density at radius 2 is 1.90 bits per heavy atom. The Hall–Kier alpha value is -0.280. The van der Waals surface area contributed by atoms with Crippen molar-refractivity contribution in [2.45, 2.75) is 32.7 Å². The van der Waals surface area contributed by atoms with Gasteiger partial charge in [0.25, 0.3) is 0 Å². The van der Waals surface area contributed by atoms with Gasteiger partial charge in [0.2, 0.25) is 10.0 Å². The molecule has 124 valence electrons. The molecule has 6 nitrogen and oxygen atoms in total. The van der Waals surface area contributed by atoms with Crippen molar-refractivity contribution >= 4 is 27.2 Å². The molecule has 0 aromatic heterocycles. The topological polar surface area (TPSA) is 75.9 Å². The van der Waals surface area contributed by atoms with E-state index < -0.39 is 10.0 Å². The summed E-state index contributed by atoms with van der Waals surface area (Å²) >= 11 is 5.12. The van der Waals surface area contributed by atoms with Gasteiger partial charge in [0.1, 0.15) is 0 Å². The highest BCUT2D eigenvalue weighted by Crippen LogP contribution is 2.14. The highest BCUT2D eigenvalue weighted by molar-refractivity contribution is 7.89. The van der Waals surface area contributed by atoms with Gasteiger partial charge in [-0.3, -0.25) is 4.90 Å². The number of nitrogens with two attached hydrogens (primary N) is 1. The lowest BCUT2D eigenvalue weighted by molar-refractivity contribution is 0.153. The average Bonchev–Trinajstić information content (AvgIpc) is 2.45. The molecule has 0 bridgehead atoms. The maximum absolute atomic E-state index is 12.2. The zero-order chi connectivity index (χ0) is 15.9. The van der Waals surface area contributed by atoms with Gasteiger partial charge in [-0.05, 0) is 13.3 Å². The Kier molecular flexibility index (Phi) is 8.04. The number of nitrogens with zero attached hydrogens (tertiary/aromatic N) is 2. The summed E-state index contributed by atoms with van der Waals surface area (Å²) < 4.78 is 31.0. The third-order valence-electron chi connectivity index (χ3n) is 3.69. The van der Waals surface area contributed by atoms with Gasteiger partial charge < -0.3 is 10.5 Å². The van der Waals surface area contributed by atoms with Crippen molar-refractivity contribution in [3.05, 3.63) is 0 Å². The molecule has 8 heteroatoms. The Morgan fingerprint density at radius 1 is 1.29 bits per heavy atom. The van der Waals surface area contributed by atoms with Gasteiger partial charge in [0, 0.05) is 32.8 Å². The number of piperazine rings is 1. The number of hydrogen-bond acceptors (Lipinski definition) is 5. The van der Waals surface area contributed by atoms with Crippen molar-refractivity contribution in [3.8, 4) is 0 Å². The van der Waals surface area contributed by atoms with Gasteiger partial charge in [-0.25, -0.2) is 8.42 Å². The monoisotopic (exact) mass is 337 g/mol. The zero-order valence-corrected chi connectivity index (χ0v) is 14.6. The number of hydrogen-bond donors (Lipinski definition) is 1.